The normalized spacial score (nSPS) is 12.8. The Balaban J connectivity index is 1.90. The first-order chi connectivity index (χ1) is 12.7. The Morgan fingerprint density at radius 2 is 1.77 bits per heavy atom. The molecule has 1 heterocycles. The fraction of sp³-hybridized carbons (Fsp3) is 0.333. The van der Waals surface area contributed by atoms with Crippen LogP contribution in [0.1, 0.15) is 34.8 Å². The summed E-state index contributed by atoms with van der Waals surface area (Å²) in [5.74, 6) is 1.93. The van der Waals surface area contributed by atoms with Gasteiger partial charge in [-0.1, -0.05) is 6.92 Å². The molecule has 0 aromatic heterocycles. The molecule has 3 rings (SSSR count). The van der Waals surface area contributed by atoms with Gasteiger partial charge in [0.05, 0.1) is 20.8 Å². The number of Topliss-reactive ketones (excluding diaryl/α,β-unsaturated/α-hetero) is 1. The predicted molar refractivity (Wildman–Crippen MR) is 101 cm³/mol. The van der Waals surface area contributed by atoms with Crippen molar-refractivity contribution in [1.29, 1.82) is 0 Å². The Bertz CT molecular complexity index is 825. The molecule has 2 aromatic carbocycles. The van der Waals surface area contributed by atoms with E-state index >= 15 is 0 Å². The monoisotopic (exact) mass is 353 g/mol. The lowest BCUT2D eigenvalue weighted by Gasteiger charge is -2.19. The number of rotatable bonds is 7. The topological polar surface area (TPSA) is 57.1 Å². The van der Waals surface area contributed by atoms with E-state index in [0.29, 0.717) is 35.9 Å². The number of carbonyl (C=O) groups excluding carboxylic acids is 1. The Morgan fingerprint density at radius 1 is 1.08 bits per heavy atom. The van der Waals surface area contributed by atoms with E-state index in [-0.39, 0.29) is 5.78 Å². The molecule has 5 heteroatoms. The van der Waals surface area contributed by atoms with Crippen LogP contribution in [-0.2, 0) is 6.42 Å². The minimum Gasteiger partial charge on any atom is -0.494 e. The lowest BCUT2D eigenvalue weighted by molar-refractivity contribution is 0.106. The van der Waals surface area contributed by atoms with E-state index in [0.717, 1.165) is 29.7 Å². The van der Waals surface area contributed by atoms with Crippen molar-refractivity contribution < 1.29 is 19.0 Å². The van der Waals surface area contributed by atoms with Crippen molar-refractivity contribution in [3.05, 3.63) is 53.1 Å². The molecular weight excluding hydrogens is 330 g/mol. The summed E-state index contributed by atoms with van der Waals surface area (Å²) in [5.41, 5.74) is 2.92. The first-order valence-corrected chi connectivity index (χ1v) is 8.75. The van der Waals surface area contributed by atoms with E-state index in [9.17, 15) is 4.79 Å². The molecule has 0 bridgehead atoms. The largest absolute Gasteiger partial charge is 0.494 e. The maximum atomic E-state index is 13.0. The SMILES string of the molecule is CCCOc1ccc(C(=O)C2=NCCc3cc(OC)c(OC)cc32)cc1. The Kier molecular flexibility index (Phi) is 5.56. The molecule has 0 saturated carbocycles. The van der Waals surface area contributed by atoms with E-state index in [1.807, 2.05) is 24.3 Å². The second-order valence-electron chi connectivity index (χ2n) is 6.05. The van der Waals surface area contributed by atoms with Crippen LogP contribution in [0.5, 0.6) is 17.2 Å². The summed E-state index contributed by atoms with van der Waals surface area (Å²) in [6, 6.07) is 11.0. The number of fused-ring (bicyclic) bond motifs is 1. The van der Waals surface area contributed by atoms with Crippen molar-refractivity contribution in [2.75, 3.05) is 27.4 Å². The van der Waals surface area contributed by atoms with Crippen LogP contribution in [0.25, 0.3) is 0 Å². The van der Waals surface area contributed by atoms with Crippen LogP contribution < -0.4 is 14.2 Å². The number of hydrogen-bond acceptors (Lipinski definition) is 5. The minimum atomic E-state index is -0.0970. The number of methoxy groups -OCH3 is 2. The second kappa shape index (κ2) is 8.04. The van der Waals surface area contributed by atoms with E-state index in [1.54, 1.807) is 26.4 Å². The molecule has 0 saturated heterocycles. The van der Waals surface area contributed by atoms with Crippen LogP contribution in [0, 0.1) is 0 Å². The third kappa shape index (κ3) is 3.57. The number of carbonyl (C=O) groups is 1. The van der Waals surface area contributed by atoms with E-state index in [4.69, 9.17) is 14.2 Å². The average molecular weight is 353 g/mol. The molecule has 1 aliphatic rings. The summed E-state index contributed by atoms with van der Waals surface area (Å²) in [7, 11) is 3.19. The fourth-order valence-corrected chi connectivity index (χ4v) is 2.97. The van der Waals surface area contributed by atoms with Crippen molar-refractivity contribution in [2.24, 2.45) is 4.99 Å². The van der Waals surface area contributed by atoms with Crippen molar-refractivity contribution in [3.8, 4) is 17.2 Å². The van der Waals surface area contributed by atoms with Gasteiger partial charge < -0.3 is 14.2 Å². The quantitative estimate of drug-likeness (QED) is 0.712. The summed E-state index contributed by atoms with van der Waals surface area (Å²) in [4.78, 5) is 17.5. The maximum Gasteiger partial charge on any atom is 0.211 e. The third-order valence-corrected chi connectivity index (χ3v) is 4.32. The van der Waals surface area contributed by atoms with Gasteiger partial charge in [-0.3, -0.25) is 9.79 Å². The molecular formula is C21H23NO4. The molecule has 26 heavy (non-hydrogen) atoms. The van der Waals surface area contributed by atoms with Gasteiger partial charge in [-0.2, -0.15) is 0 Å². The first-order valence-electron chi connectivity index (χ1n) is 8.75. The molecule has 0 N–H and O–H groups in total. The van der Waals surface area contributed by atoms with Crippen molar-refractivity contribution >= 4 is 11.5 Å². The van der Waals surface area contributed by atoms with Crippen LogP contribution in [-0.4, -0.2) is 38.9 Å². The van der Waals surface area contributed by atoms with Crippen LogP contribution >= 0.6 is 0 Å². The average Bonchev–Trinajstić information content (AvgIpc) is 2.70. The number of benzene rings is 2. The Labute approximate surface area is 153 Å². The number of aliphatic imine (C=N–C) groups is 1. The van der Waals surface area contributed by atoms with Crippen molar-refractivity contribution in [1.82, 2.24) is 0 Å². The van der Waals surface area contributed by atoms with Gasteiger partial charge in [0.25, 0.3) is 0 Å². The van der Waals surface area contributed by atoms with Crippen LogP contribution in [0.4, 0.5) is 0 Å². The second-order valence-corrected chi connectivity index (χ2v) is 6.05. The Hall–Kier alpha value is -2.82. The highest BCUT2D eigenvalue weighted by Crippen LogP contribution is 2.33. The van der Waals surface area contributed by atoms with Crippen LogP contribution in [0.2, 0.25) is 0 Å². The van der Waals surface area contributed by atoms with Crippen LogP contribution in [0.3, 0.4) is 0 Å². The van der Waals surface area contributed by atoms with Gasteiger partial charge in [-0.25, -0.2) is 0 Å². The van der Waals surface area contributed by atoms with E-state index < -0.39 is 0 Å². The number of ether oxygens (including phenoxy) is 3. The zero-order valence-corrected chi connectivity index (χ0v) is 15.4. The Morgan fingerprint density at radius 3 is 2.42 bits per heavy atom. The number of ketones is 1. The number of hydrogen-bond donors (Lipinski definition) is 0. The molecule has 0 fully saturated rings. The molecule has 0 spiro atoms. The van der Waals surface area contributed by atoms with Crippen molar-refractivity contribution in [3.63, 3.8) is 0 Å². The summed E-state index contributed by atoms with van der Waals surface area (Å²) in [5, 5.41) is 0. The fourth-order valence-electron chi connectivity index (χ4n) is 2.97. The molecule has 0 atom stereocenters. The lowest BCUT2D eigenvalue weighted by Crippen LogP contribution is -2.22. The highest BCUT2D eigenvalue weighted by molar-refractivity contribution is 6.52. The van der Waals surface area contributed by atoms with Gasteiger partial charge in [-0.15, -0.1) is 0 Å². The van der Waals surface area contributed by atoms with E-state index in [2.05, 4.69) is 11.9 Å². The van der Waals surface area contributed by atoms with Gasteiger partial charge in [-0.05, 0) is 54.8 Å². The summed E-state index contributed by atoms with van der Waals surface area (Å²) >= 11 is 0. The molecule has 5 nitrogen and oxygen atoms in total. The molecule has 2 aromatic rings. The zero-order chi connectivity index (χ0) is 18.5. The summed E-state index contributed by atoms with van der Waals surface area (Å²) < 4.78 is 16.3. The van der Waals surface area contributed by atoms with Gasteiger partial charge >= 0.3 is 0 Å². The third-order valence-electron chi connectivity index (χ3n) is 4.32. The highest BCUT2D eigenvalue weighted by atomic mass is 16.5. The molecule has 0 amide bonds. The lowest BCUT2D eigenvalue weighted by atomic mass is 9.92. The zero-order valence-electron chi connectivity index (χ0n) is 15.4. The van der Waals surface area contributed by atoms with Gasteiger partial charge in [0.1, 0.15) is 11.5 Å². The molecule has 0 unspecified atom stereocenters. The predicted octanol–water partition coefficient (Wildman–Crippen LogP) is 3.72. The first kappa shape index (κ1) is 18.0. The molecule has 0 aliphatic carbocycles. The van der Waals surface area contributed by atoms with Crippen LogP contribution in [0.15, 0.2) is 41.4 Å². The smallest absolute Gasteiger partial charge is 0.211 e. The van der Waals surface area contributed by atoms with Crippen molar-refractivity contribution in [2.45, 2.75) is 19.8 Å². The highest BCUT2D eigenvalue weighted by Gasteiger charge is 2.24. The van der Waals surface area contributed by atoms with Gasteiger partial charge in [0.15, 0.2) is 11.5 Å². The standard InChI is InChI=1S/C21H23NO4/c1-4-11-26-16-7-5-14(6-8-16)21(23)20-17-13-19(25-3)18(24-2)12-15(17)9-10-22-20/h5-8,12-13H,4,9-11H2,1-3H3. The summed E-state index contributed by atoms with van der Waals surface area (Å²) in [6.07, 6.45) is 1.72. The number of nitrogens with zero attached hydrogens (tertiary/aromatic N) is 1. The maximum absolute atomic E-state index is 13.0. The van der Waals surface area contributed by atoms with Gasteiger partial charge in [0, 0.05) is 17.7 Å². The van der Waals surface area contributed by atoms with E-state index in [1.165, 1.54) is 0 Å². The summed E-state index contributed by atoms with van der Waals surface area (Å²) in [6.45, 7) is 3.30. The van der Waals surface area contributed by atoms with Gasteiger partial charge in [0.2, 0.25) is 5.78 Å². The minimum absolute atomic E-state index is 0.0970. The molecule has 1 aliphatic heterocycles. The molecule has 136 valence electrons. The molecule has 0 radical (unpaired) electrons.